The Morgan fingerprint density at radius 1 is 0.932 bits per heavy atom. The Morgan fingerprint density at radius 2 is 1.61 bits per heavy atom. The quantitative estimate of drug-likeness (QED) is 0.215. The number of alkyl carbamates (subject to hydrolysis) is 1. The topological polar surface area (TPSA) is 66.9 Å². The van der Waals surface area contributed by atoms with Gasteiger partial charge in [0.15, 0.2) is 5.60 Å². The minimum atomic E-state index is -4.55. The third kappa shape index (κ3) is 6.45. The van der Waals surface area contributed by atoms with Crippen LogP contribution in [0.3, 0.4) is 0 Å². The number of pyridine rings is 1. The van der Waals surface area contributed by atoms with E-state index in [0.717, 1.165) is 55.9 Å². The van der Waals surface area contributed by atoms with Gasteiger partial charge < -0.3 is 19.7 Å². The third-order valence-electron chi connectivity index (χ3n) is 8.34. The van der Waals surface area contributed by atoms with Crippen molar-refractivity contribution >= 4 is 22.8 Å². The number of ether oxygens (including phenoxy) is 2. The number of carbonyl (C=O) groups excluding carboxylic acids is 1. The lowest BCUT2D eigenvalue weighted by molar-refractivity contribution is -0.124. The van der Waals surface area contributed by atoms with Crippen LogP contribution < -0.4 is 15.0 Å². The molecule has 3 heterocycles. The number of nitrogens with one attached hydrogen (secondary N) is 1. The number of aromatic nitrogens is 1. The number of amides is 1. The number of halogens is 3. The summed E-state index contributed by atoms with van der Waals surface area (Å²) in [5.74, 6) is 2.02. The molecule has 4 aromatic rings. The average molecular weight is 605 g/mol. The maximum Gasteiger partial charge on any atom is 0.408 e. The van der Waals surface area contributed by atoms with E-state index in [9.17, 15) is 18.0 Å². The van der Waals surface area contributed by atoms with E-state index in [1.54, 1.807) is 12.1 Å². The Bertz CT molecular complexity index is 1590. The molecular formula is C34H35F3N4O3. The number of piperazine rings is 1. The summed E-state index contributed by atoms with van der Waals surface area (Å²) in [5.41, 5.74) is 2.16. The first kappa shape index (κ1) is 29.7. The van der Waals surface area contributed by atoms with Crippen LogP contribution in [-0.2, 0) is 10.3 Å². The van der Waals surface area contributed by atoms with E-state index in [1.165, 1.54) is 5.56 Å². The molecule has 0 bridgehead atoms. The summed E-state index contributed by atoms with van der Waals surface area (Å²) < 4.78 is 50.7. The molecule has 10 heteroatoms. The van der Waals surface area contributed by atoms with Gasteiger partial charge in [-0.05, 0) is 69.1 Å². The molecule has 1 aromatic heterocycles. The fourth-order valence-corrected chi connectivity index (χ4v) is 6.16. The molecule has 0 aliphatic carbocycles. The Hall–Kier alpha value is -4.31. The molecule has 1 N–H and O–H groups in total. The maximum absolute atomic E-state index is 12.9. The van der Waals surface area contributed by atoms with Crippen molar-refractivity contribution in [2.75, 3.05) is 44.2 Å². The van der Waals surface area contributed by atoms with Crippen molar-refractivity contribution in [3.63, 3.8) is 0 Å². The zero-order valence-electron chi connectivity index (χ0n) is 24.6. The number of fused-ring (bicyclic) bond motifs is 3. The highest BCUT2D eigenvalue weighted by atomic mass is 19.4. The zero-order chi connectivity index (χ0) is 30.7. The van der Waals surface area contributed by atoms with Gasteiger partial charge in [0.25, 0.3) is 0 Å². The Labute approximate surface area is 254 Å². The van der Waals surface area contributed by atoms with Gasteiger partial charge in [-0.25, -0.2) is 9.78 Å². The van der Waals surface area contributed by atoms with Gasteiger partial charge in [0, 0.05) is 42.7 Å². The van der Waals surface area contributed by atoms with E-state index in [1.807, 2.05) is 41.7 Å². The molecule has 3 aromatic carbocycles. The molecule has 0 saturated carbocycles. The second-order valence-corrected chi connectivity index (χ2v) is 11.4. The molecule has 0 radical (unpaired) electrons. The van der Waals surface area contributed by atoms with Gasteiger partial charge in [-0.2, -0.15) is 13.2 Å². The molecule has 7 nitrogen and oxygen atoms in total. The molecule has 6 rings (SSSR count). The van der Waals surface area contributed by atoms with Crippen molar-refractivity contribution in [1.29, 1.82) is 0 Å². The van der Waals surface area contributed by atoms with Crippen molar-refractivity contribution in [3.05, 3.63) is 95.6 Å². The fourth-order valence-electron chi connectivity index (χ4n) is 6.16. The van der Waals surface area contributed by atoms with E-state index < -0.39 is 24.4 Å². The number of unbranched alkanes of at least 4 members (excludes halogenated alkanes) is 1. The first-order chi connectivity index (χ1) is 21.2. The van der Waals surface area contributed by atoms with Crippen molar-refractivity contribution < 1.29 is 27.4 Å². The molecule has 0 spiro atoms. The Balaban J connectivity index is 1.11. The molecule has 2 aliphatic heterocycles. The van der Waals surface area contributed by atoms with Gasteiger partial charge in [-0.15, -0.1) is 0 Å². The summed E-state index contributed by atoms with van der Waals surface area (Å²) in [7, 11) is 0. The van der Waals surface area contributed by atoms with Crippen LogP contribution in [0, 0.1) is 6.92 Å². The van der Waals surface area contributed by atoms with Crippen molar-refractivity contribution in [3.8, 4) is 11.5 Å². The first-order valence-corrected chi connectivity index (χ1v) is 15.0. The van der Waals surface area contributed by atoms with E-state index in [4.69, 9.17) is 14.5 Å². The molecule has 44 heavy (non-hydrogen) atoms. The van der Waals surface area contributed by atoms with Crippen molar-refractivity contribution in [2.24, 2.45) is 0 Å². The minimum Gasteiger partial charge on any atom is -0.456 e. The van der Waals surface area contributed by atoms with Gasteiger partial charge in [0.05, 0.1) is 5.52 Å². The van der Waals surface area contributed by atoms with Crippen LogP contribution in [-0.4, -0.2) is 61.4 Å². The molecule has 230 valence electrons. The van der Waals surface area contributed by atoms with Crippen molar-refractivity contribution in [2.45, 2.75) is 38.0 Å². The molecule has 0 atom stereocenters. The fraction of sp³-hybridized carbons (Fsp3) is 0.353. The van der Waals surface area contributed by atoms with E-state index >= 15 is 0 Å². The molecule has 0 unspecified atom stereocenters. The molecule has 1 saturated heterocycles. The van der Waals surface area contributed by atoms with Crippen LogP contribution in [0.2, 0.25) is 0 Å². The largest absolute Gasteiger partial charge is 0.456 e. The highest BCUT2D eigenvalue weighted by Crippen LogP contribution is 2.51. The summed E-state index contributed by atoms with van der Waals surface area (Å²) in [5, 5.41) is 3.02. The van der Waals surface area contributed by atoms with Crippen LogP contribution >= 0.6 is 0 Å². The van der Waals surface area contributed by atoms with Gasteiger partial charge in [0.2, 0.25) is 0 Å². The summed E-state index contributed by atoms with van der Waals surface area (Å²) in [4.78, 5) is 22.4. The lowest BCUT2D eigenvalue weighted by atomic mass is 9.79. The number of anilines is 1. The van der Waals surface area contributed by atoms with E-state index in [0.29, 0.717) is 35.5 Å². The van der Waals surface area contributed by atoms with E-state index in [-0.39, 0.29) is 0 Å². The van der Waals surface area contributed by atoms with Crippen LogP contribution in [0.4, 0.5) is 23.8 Å². The van der Waals surface area contributed by atoms with Crippen LogP contribution in [0.5, 0.6) is 11.5 Å². The summed E-state index contributed by atoms with van der Waals surface area (Å²) in [6.07, 6.45) is -3.77. The number of rotatable bonds is 8. The second kappa shape index (κ2) is 12.4. The Kier molecular flexibility index (Phi) is 8.35. The van der Waals surface area contributed by atoms with Crippen molar-refractivity contribution in [1.82, 2.24) is 15.2 Å². The number of hydrogen-bond acceptors (Lipinski definition) is 6. The standard InChI is InChI=1S/C34H35F3N4O3/c1-24-12-14-28-25(22-24)13-15-31(39-28)41-20-18-40(19-21-41)17-7-6-16-33(44-32(42)38-23-34(35,36)37)26-8-2-4-10-29(26)43-30-11-5-3-9-27(30)33/h2-5,8-15,22H,6-7,16-21,23H2,1H3,(H,38,42). The highest BCUT2D eigenvalue weighted by Gasteiger charge is 2.45. The monoisotopic (exact) mass is 604 g/mol. The molecular weight excluding hydrogens is 569 g/mol. The molecule has 2 aliphatic rings. The number of hydrogen-bond donors (Lipinski definition) is 1. The van der Waals surface area contributed by atoms with Gasteiger partial charge >= 0.3 is 12.3 Å². The number of alkyl halides is 3. The van der Waals surface area contributed by atoms with Crippen LogP contribution in [0.15, 0.2) is 78.9 Å². The third-order valence-corrected chi connectivity index (χ3v) is 8.34. The number of aryl methyl sites for hydroxylation is 1. The first-order valence-electron chi connectivity index (χ1n) is 15.0. The Morgan fingerprint density at radius 3 is 2.30 bits per heavy atom. The maximum atomic E-state index is 12.9. The molecule has 1 amide bonds. The number of carbonyl (C=O) groups is 1. The minimum absolute atomic E-state index is 0.393. The molecule has 1 fully saturated rings. The van der Waals surface area contributed by atoms with Crippen LogP contribution in [0.1, 0.15) is 36.0 Å². The summed E-state index contributed by atoms with van der Waals surface area (Å²) in [6.45, 7) is 5.00. The normalized spacial score (nSPS) is 16.1. The predicted molar refractivity (Wildman–Crippen MR) is 163 cm³/mol. The number of nitrogens with zero attached hydrogens (tertiary/aromatic N) is 3. The predicted octanol–water partition coefficient (Wildman–Crippen LogP) is 7.17. The highest BCUT2D eigenvalue weighted by molar-refractivity contribution is 5.81. The van der Waals surface area contributed by atoms with E-state index in [2.05, 4.69) is 47.1 Å². The summed E-state index contributed by atoms with van der Waals surface area (Å²) >= 11 is 0. The van der Waals surface area contributed by atoms with Gasteiger partial charge in [0.1, 0.15) is 23.9 Å². The lowest BCUT2D eigenvalue weighted by Crippen LogP contribution is -2.47. The van der Waals surface area contributed by atoms with Gasteiger partial charge in [-0.1, -0.05) is 48.0 Å². The second-order valence-electron chi connectivity index (χ2n) is 11.4. The zero-order valence-corrected chi connectivity index (χ0v) is 24.6. The van der Waals surface area contributed by atoms with Gasteiger partial charge in [-0.3, -0.25) is 4.90 Å². The smallest absolute Gasteiger partial charge is 0.408 e. The number of para-hydroxylation sites is 2. The SMILES string of the molecule is Cc1ccc2nc(N3CCN(CCCCC4(OC(=O)NCC(F)(F)F)c5ccccc5Oc5ccccc54)CC3)ccc2c1. The average Bonchev–Trinajstić information content (AvgIpc) is 3.02. The lowest BCUT2D eigenvalue weighted by Gasteiger charge is -2.40. The number of benzene rings is 3. The summed E-state index contributed by atoms with van der Waals surface area (Å²) in [6, 6.07) is 24.9. The van der Waals surface area contributed by atoms with Crippen LogP contribution in [0.25, 0.3) is 10.9 Å².